The van der Waals surface area contributed by atoms with E-state index >= 15 is 4.39 Å². The third-order valence-corrected chi connectivity index (χ3v) is 11.5. The third-order valence-electron chi connectivity index (χ3n) is 7.70. The van der Waals surface area contributed by atoms with Gasteiger partial charge in [0.15, 0.2) is 20.4 Å². The van der Waals surface area contributed by atoms with Crippen molar-refractivity contribution in [2.45, 2.75) is 83.3 Å². The first-order valence-corrected chi connectivity index (χ1v) is 18.6. The van der Waals surface area contributed by atoms with E-state index in [1.54, 1.807) is 12.1 Å². The summed E-state index contributed by atoms with van der Waals surface area (Å²) in [6.07, 6.45) is -0.410. The van der Waals surface area contributed by atoms with Crippen molar-refractivity contribution in [2.24, 2.45) is 4.99 Å². The van der Waals surface area contributed by atoms with Crippen LogP contribution in [-0.2, 0) is 41.3 Å². The number of amides is 2. The number of ketones is 1. The van der Waals surface area contributed by atoms with E-state index in [9.17, 15) is 31.2 Å². The van der Waals surface area contributed by atoms with Crippen LogP contribution in [0.5, 0.6) is 0 Å². The smallest absolute Gasteiger partial charge is 0.425 e. The van der Waals surface area contributed by atoms with Gasteiger partial charge in [-0.15, -0.1) is 0 Å². The maximum atomic E-state index is 15.7. The Morgan fingerprint density at radius 2 is 1.56 bits per heavy atom. The maximum absolute atomic E-state index is 15.7. The van der Waals surface area contributed by atoms with Gasteiger partial charge in [-0.25, -0.2) is 30.8 Å². The molecule has 0 aliphatic carbocycles. The first-order chi connectivity index (χ1) is 21.8. The van der Waals surface area contributed by atoms with Gasteiger partial charge in [0.2, 0.25) is 10.0 Å². The van der Waals surface area contributed by atoms with Crippen LogP contribution in [0.2, 0.25) is 0 Å². The van der Waals surface area contributed by atoms with Crippen LogP contribution in [0, 0.1) is 12.7 Å². The molecule has 1 fully saturated rings. The number of aryl methyl sites for hydroxylation is 1. The van der Waals surface area contributed by atoms with Crippen LogP contribution >= 0.6 is 0 Å². The quantitative estimate of drug-likeness (QED) is 0.411. The minimum atomic E-state index is -4.52. The van der Waals surface area contributed by atoms with Gasteiger partial charge in [-0.2, -0.15) is 9.21 Å². The van der Waals surface area contributed by atoms with Gasteiger partial charge in [-0.3, -0.25) is 14.8 Å². The molecule has 2 aliphatic heterocycles. The van der Waals surface area contributed by atoms with Gasteiger partial charge in [-0.1, -0.05) is 12.1 Å². The van der Waals surface area contributed by atoms with Gasteiger partial charge in [-0.05, 0) is 84.7 Å². The number of sulfone groups is 1. The third kappa shape index (κ3) is 7.60. The van der Waals surface area contributed by atoms with E-state index in [1.807, 2.05) is 6.92 Å². The van der Waals surface area contributed by atoms with Crippen LogP contribution in [0.25, 0.3) is 0 Å². The largest absolute Gasteiger partial charge is 0.443 e. The zero-order chi connectivity index (χ0) is 36.3. The summed E-state index contributed by atoms with van der Waals surface area (Å²) in [5.41, 5.74) is -3.15. The lowest BCUT2D eigenvalue weighted by molar-refractivity contribution is 0.0131. The number of amidine groups is 1. The number of imide groups is 1. The maximum Gasteiger partial charge on any atom is 0.425 e. The molecule has 0 bridgehead atoms. The van der Waals surface area contributed by atoms with Crippen LogP contribution in [0.4, 0.5) is 14.0 Å². The second kappa shape index (κ2) is 12.3. The Bertz CT molecular complexity index is 1860. The number of aromatic nitrogens is 1. The fourth-order valence-corrected chi connectivity index (χ4v) is 8.80. The van der Waals surface area contributed by atoms with Gasteiger partial charge >= 0.3 is 12.2 Å². The summed E-state index contributed by atoms with van der Waals surface area (Å²) >= 11 is 0. The molecule has 0 N–H and O–H groups in total. The fraction of sp³-hybridized carbons (Fsp3) is 0.531. The van der Waals surface area contributed by atoms with Crippen LogP contribution in [0.1, 0.15) is 75.6 Å². The minimum Gasteiger partial charge on any atom is -0.443 e. The number of hydrogen-bond donors (Lipinski definition) is 0. The number of pyridine rings is 1. The summed E-state index contributed by atoms with van der Waals surface area (Å²) in [6.45, 7) is 11.0. The molecule has 48 heavy (non-hydrogen) atoms. The molecule has 16 heteroatoms. The summed E-state index contributed by atoms with van der Waals surface area (Å²) in [5.74, 6) is -2.70. The molecule has 1 aromatic heterocycles. The molecular formula is C32H41FN4O9S2. The van der Waals surface area contributed by atoms with Crippen molar-refractivity contribution in [3.63, 3.8) is 0 Å². The molecule has 0 unspecified atom stereocenters. The number of nitrogens with zero attached hydrogens (tertiary/aromatic N) is 4. The first-order valence-electron chi connectivity index (χ1n) is 15.1. The van der Waals surface area contributed by atoms with Gasteiger partial charge in [0.05, 0.1) is 12.0 Å². The Hall–Kier alpha value is -3.76. The van der Waals surface area contributed by atoms with Crippen molar-refractivity contribution in [1.29, 1.82) is 0 Å². The van der Waals surface area contributed by atoms with E-state index in [0.717, 1.165) is 22.2 Å². The summed E-state index contributed by atoms with van der Waals surface area (Å²) in [6, 6.07) is 7.05. The zero-order valence-corrected chi connectivity index (χ0v) is 30.1. The second-order valence-electron chi connectivity index (χ2n) is 14.4. The Kier molecular flexibility index (Phi) is 9.49. The number of halogens is 1. The molecule has 1 aromatic carbocycles. The van der Waals surface area contributed by atoms with Gasteiger partial charge in [0, 0.05) is 31.3 Å². The Labute approximate surface area is 280 Å². The predicted octanol–water partition coefficient (Wildman–Crippen LogP) is 4.18. The van der Waals surface area contributed by atoms with Crippen molar-refractivity contribution in [3.8, 4) is 0 Å². The van der Waals surface area contributed by atoms with E-state index in [2.05, 4.69) is 9.98 Å². The Balaban J connectivity index is 1.92. The summed E-state index contributed by atoms with van der Waals surface area (Å²) < 4.78 is 78.9. The van der Waals surface area contributed by atoms with Crippen LogP contribution in [-0.4, -0.2) is 95.9 Å². The van der Waals surface area contributed by atoms with E-state index in [0.29, 0.717) is 10.5 Å². The van der Waals surface area contributed by atoms with Crippen molar-refractivity contribution in [2.75, 3.05) is 25.1 Å². The van der Waals surface area contributed by atoms with Crippen LogP contribution in [0.15, 0.2) is 41.5 Å². The molecule has 3 heterocycles. The molecule has 13 nitrogen and oxygen atoms in total. The Morgan fingerprint density at radius 3 is 2.04 bits per heavy atom. The molecule has 262 valence electrons. The van der Waals surface area contributed by atoms with Crippen molar-refractivity contribution in [1.82, 2.24) is 14.2 Å². The predicted molar refractivity (Wildman–Crippen MR) is 175 cm³/mol. The number of aliphatic imine (C=N–C) groups is 1. The topological polar surface area (TPSA) is 170 Å². The van der Waals surface area contributed by atoms with Crippen molar-refractivity contribution in [3.05, 3.63) is 64.7 Å². The molecular weight excluding hydrogens is 668 g/mol. The molecule has 4 rings (SSSR count). The molecule has 0 saturated carbocycles. The molecule has 1 atom stereocenters. The average Bonchev–Trinajstić information content (AvgIpc) is 2.85. The average molecular weight is 709 g/mol. The number of sulfonamides is 1. The number of hydrogen-bond acceptors (Lipinski definition) is 11. The van der Waals surface area contributed by atoms with Crippen molar-refractivity contribution < 1.29 is 45.1 Å². The van der Waals surface area contributed by atoms with Gasteiger partial charge in [0.25, 0.3) is 0 Å². The summed E-state index contributed by atoms with van der Waals surface area (Å²) in [7, 11) is -8.42. The highest BCUT2D eigenvalue weighted by Crippen LogP contribution is 2.45. The van der Waals surface area contributed by atoms with Crippen molar-refractivity contribution >= 4 is 43.7 Å². The number of benzene rings is 1. The standard InChI is InChI=1S/C32H41FN4O9S2/c1-20-10-13-24(34-16-20)25(38)15-21-11-12-23(33)22(14-21)31(8)19-48(43,44)32(17-36(18-32)47(9,41)42)26(35-31)37(27(39)45-29(2,3)4)28(40)46-30(5,6)7/h10-14,16H,15,17-19H2,1-9H3/t31-/m0/s1. The van der Waals surface area contributed by atoms with Gasteiger partial charge < -0.3 is 9.47 Å². The van der Waals surface area contributed by atoms with Gasteiger partial charge in [0.1, 0.15) is 34.1 Å². The normalized spacial score (nSPS) is 20.8. The summed E-state index contributed by atoms with van der Waals surface area (Å²) in [5, 5.41) is 0. The second-order valence-corrected chi connectivity index (χ2v) is 18.7. The van der Waals surface area contributed by atoms with E-state index < -0.39 is 84.0 Å². The molecule has 2 amide bonds. The SMILES string of the molecule is Cc1ccc(C(=O)Cc2ccc(F)c([C@]3(C)CS(=O)(=O)C4(CN(S(C)(=O)=O)C4)C(N(C(=O)OC(C)(C)C)C(=O)OC(C)(C)C)=N3)c2)nc1. The molecule has 1 saturated heterocycles. The molecule has 2 aliphatic rings. The number of Topliss-reactive ketones (excluding diaryl/α,β-unsaturated/α-hetero) is 1. The lowest BCUT2D eigenvalue weighted by Gasteiger charge is -2.53. The monoisotopic (exact) mass is 708 g/mol. The van der Waals surface area contributed by atoms with E-state index in [-0.39, 0.29) is 23.5 Å². The van der Waals surface area contributed by atoms with E-state index in [1.165, 1.54) is 66.8 Å². The van der Waals surface area contributed by atoms with E-state index in [4.69, 9.17) is 9.47 Å². The highest BCUT2D eigenvalue weighted by atomic mass is 32.2. The molecule has 1 spiro atoms. The molecule has 0 radical (unpaired) electrons. The minimum absolute atomic E-state index is 0.186. The summed E-state index contributed by atoms with van der Waals surface area (Å²) in [4.78, 5) is 49.6. The van der Waals surface area contributed by atoms with Crippen LogP contribution in [0.3, 0.4) is 0 Å². The number of carbonyl (C=O) groups is 3. The lowest BCUT2D eigenvalue weighted by Crippen LogP contribution is -2.77. The number of rotatable bonds is 5. The fourth-order valence-electron chi connectivity index (χ4n) is 5.37. The zero-order valence-electron chi connectivity index (χ0n) is 28.5. The highest BCUT2D eigenvalue weighted by molar-refractivity contribution is 7.94. The molecule has 2 aromatic rings. The van der Waals surface area contributed by atoms with Crippen LogP contribution < -0.4 is 0 Å². The number of carbonyl (C=O) groups excluding carboxylic acids is 3. The lowest BCUT2D eigenvalue weighted by atomic mass is 9.89. The Morgan fingerprint density at radius 1 is 1.00 bits per heavy atom. The highest BCUT2D eigenvalue weighted by Gasteiger charge is 2.66. The number of ether oxygens (including phenoxy) is 2. The first kappa shape index (κ1) is 37.1.